The monoisotopic (exact) mass is 303 g/mol. The predicted octanol–water partition coefficient (Wildman–Crippen LogP) is 2.14. The normalized spacial score (nSPS) is 24.6. The highest BCUT2D eigenvalue weighted by Crippen LogP contribution is 2.30. The molecule has 1 aromatic heterocycles. The van der Waals surface area contributed by atoms with E-state index in [1.807, 2.05) is 6.92 Å². The molecule has 1 fully saturated rings. The molecular weight excluding hydrogens is 290 g/mol. The Morgan fingerprint density at radius 3 is 3.00 bits per heavy atom. The summed E-state index contributed by atoms with van der Waals surface area (Å²) in [5.74, 6) is 0.569. The molecule has 1 N–H and O–H groups in total. The molecule has 2 unspecified atom stereocenters. The summed E-state index contributed by atoms with van der Waals surface area (Å²) in [4.78, 5) is 13.0. The van der Waals surface area contributed by atoms with Crippen molar-refractivity contribution in [2.24, 2.45) is 5.92 Å². The van der Waals surface area contributed by atoms with E-state index in [1.165, 1.54) is 12.8 Å². The SMILES string of the molecule is Cc1nnsc1C(=O)NCC1CCC(Br)C1. The summed E-state index contributed by atoms with van der Waals surface area (Å²) >= 11 is 4.76. The lowest BCUT2D eigenvalue weighted by Gasteiger charge is -2.09. The van der Waals surface area contributed by atoms with Crippen LogP contribution in [0.15, 0.2) is 0 Å². The Balaban J connectivity index is 1.82. The van der Waals surface area contributed by atoms with Gasteiger partial charge in [0, 0.05) is 11.4 Å². The molecule has 1 aromatic rings. The fourth-order valence-electron chi connectivity index (χ4n) is 1.96. The van der Waals surface area contributed by atoms with Crippen LogP contribution in [0, 0.1) is 12.8 Å². The van der Waals surface area contributed by atoms with Gasteiger partial charge in [-0.3, -0.25) is 4.79 Å². The van der Waals surface area contributed by atoms with Gasteiger partial charge < -0.3 is 5.32 Å². The number of rotatable bonds is 3. The Morgan fingerprint density at radius 1 is 1.62 bits per heavy atom. The molecule has 0 saturated heterocycles. The Hall–Kier alpha value is -0.490. The number of hydrogen-bond donors (Lipinski definition) is 1. The molecule has 0 aromatic carbocycles. The van der Waals surface area contributed by atoms with Gasteiger partial charge in [0.2, 0.25) is 0 Å². The summed E-state index contributed by atoms with van der Waals surface area (Å²) in [6.07, 6.45) is 3.55. The van der Waals surface area contributed by atoms with E-state index in [1.54, 1.807) is 0 Å². The highest BCUT2D eigenvalue weighted by Gasteiger charge is 2.23. The van der Waals surface area contributed by atoms with Crippen molar-refractivity contribution in [1.29, 1.82) is 0 Å². The third kappa shape index (κ3) is 2.79. The van der Waals surface area contributed by atoms with E-state index in [-0.39, 0.29) is 5.91 Å². The number of carbonyl (C=O) groups is 1. The van der Waals surface area contributed by atoms with Gasteiger partial charge in [0.25, 0.3) is 5.91 Å². The minimum absolute atomic E-state index is 0.0366. The zero-order valence-corrected chi connectivity index (χ0v) is 11.5. The highest BCUT2D eigenvalue weighted by atomic mass is 79.9. The van der Waals surface area contributed by atoms with Crippen molar-refractivity contribution in [3.05, 3.63) is 10.6 Å². The molecule has 88 valence electrons. The quantitative estimate of drug-likeness (QED) is 0.871. The molecule has 16 heavy (non-hydrogen) atoms. The molecule has 0 bridgehead atoms. The standard InChI is InChI=1S/C10H14BrN3OS/c1-6-9(16-14-13-6)10(15)12-5-7-2-3-8(11)4-7/h7-8H,2-5H2,1H3,(H,12,15). The Bertz CT molecular complexity index is 382. The van der Waals surface area contributed by atoms with Crippen molar-refractivity contribution < 1.29 is 4.79 Å². The van der Waals surface area contributed by atoms with Gasteiger partial charge in [0.15, 0.2) is 0 Å². The summed E-state index contributed by atoms with van der Waals surface area (Å²) in [7, 11) is 0. The van der Waals surface area contributed by atoms with Gasteiger partial charge >= 0.3 is 0 Å². The molecule has 1 aliphatic rings. The highest BCUT2D eigenvalue weighted by molar-refractivity contribution is 9.09. The van der Waals surface area contributed by atoms with Crippen molar-refractivity contribution in [2.45, 2.75) is 31.0 Å². The van der Waals surface area contributed by atoms with Crippen molar-refractivity contribution in [3.63, 3.8) is 0 Å². The lowest BCUT2D eigenvalue weighted by atomic mass is 10.1. The van der Waals surface area contributed by atoms with Crippen LogP contribution in [0.25, 0.3) is 0 Å². The number of hydrogen-bond acceptors (Lipinski definition) is 4. The van der Waals surface area contributed by atoms with Crippen LogP contribution in [0.5, 0.6) is 0 Å². The van der Waals surface area contributed by atoms with Gasteiger partial charge in [0.1, 0.15) is 4.88 Å². The van der Waals surface area contributed by atoms with Crippen LogP contribution in [-0.4, -0.2) is 26.9 Å². The summed E-state index contributed by atoms with van der Waals surface area (Å²) < 4.78 is 3.76. The topological polar surface area (TPSA) is 54.9 Å². The van der Waals surface area contributed by atoms with Crippen molar-refractivity contribution >= 4 is 33.4 Å². The molecule has 0 aliphatic heterocycles. The van der Waals surface area contributed by atoms with Crippen molar-refractivity contribution in [2.75, 3.05) is 6.54 Å². The largest absolute Gasteiger partial charge is 0.351 e. The third-order valence-corrected chi connectivity index (χ3v) is 4.54. The second kappa shape index (κ2) is 5.23. The van der Waals surface area contributed by atoms with E-state index in [9.17, 15) is 4.79 Å². The molecular formula is C10H14BrN3OS. The Labute approximate surface area is 107 Å². The maximum absolute atomic E-state index is 11.8. The fourth-order valence-corrected chi connectivity index (χ4v) is 3.32. The van der Waals surface area contributed by atoms with Crippen LogP contribution < -0.4 is 5.32 Å². The molecule has 0 radical (unpaired) electrons. The zero-order chi connectivity index (χ0) is 11.5. The number of nitrogens with one attached hydrogen (secondary N) is 1. The number of alkyl halides is 1. The first-order valence-corrected chi connectivity index (χ1v) is 7.07. The van der Waals surface area contributed by atoms with Crippen LogP contribution in [0.1, 0.15) is 34.6 Å². The molecule has 1 amide bonds. The second-order valence-electron chi connectivity index (χ2n) is 4.17. The maximum atomic E-state index is 11.8. The van der Waals surface area contributed by atoms with Gasteiger partial charge in [-0.05, 0) is 43.6 Å². The first-order chi connectivity index (χ1) is 7.66. The number of aryl methyl sites for hydroxylation is 1. The molecule has 2 rings (SSSR count). The van der Waals surface area contributed by atoms with Crippen LogP contribution in [-0.2, 0) is 0 Å². The second-order valence-corrected chi connectivity index (χ2v) is 6.22. The number of nitrogens with zero attached hydrogens (tertiary/aromatic N) is 2. The van der Waals surface area contributed by atoms with E-state index in [0.29, 0.717) is 21.3 Å². The molecule has 4 nitrogen and oxygen atoms in total. The summed E-state index contributed by atoms with van der Waals surface area (Å²) in [6, 6.07) is 0. The van der Waals surface area contributed by atoms with Crippen molar-refractivity contribution in [1.82, 2.24) is 14.9 Å². The number of halogens is 1. The Morgan fingerprint density at radius 2 is 2.44 bits per heavy atom. The lowest BCUT2D eigenvalue weighted by molar-refractivity contribution is 0.0950. The average Bonchev–Trinajstić information content (AvgIpc) is 2.84. The zero-order valence-electron chi connectivity index (χ0n) is 9.07. The van der Waals surface area contributed by atoms with E-state index in [2.05, 4.69) is 30.8 Å². The molecule has 2 atom stereocenters. The van der Waals surface area contributed by atoms with Gasteiger partial charge in [0.05, 0.1) is 5.69 Å². The summed E-state index contributed by atoms with van der Waals surface area (Å²) in [5, 5.41) is 6.79. The minimum atomic E-state index is -0.0366. The maximum Gasteiger partial charge on any atom is 0.264 e. The van der Waals surface area contributed by atoms with Crippen LogP contribution in [0.2, 0.25) is 0 Å². The lowest BCUT2D eigenvalue weighted by Crippen LogP contribution is -2.28. The number of carbonyl (C=O) groups excluding carboxylic acids is 1. The predicted molar refractivity (Wildman–Crippen MR) is 67.0 cm³/mol. The summed E-state index contributed by atoms with van der Waals surface area (Å²) in [5.41, 5.74) is 0.715. The van der Waals surface area contributed by atoms with Gasteiger partial charge in [-0.2, -0.15) is 0 Å². The molecule has 1 aliphatic carbocycles. The molecule has 0 spiro atoms. The molecule has 1 heterocycles. The number of amides is 1. The number of aromatic nitrogens is 2. The molecule has 1 saturated carbocycles. The first kappa shape index (κ1) is 12.0. The van der Waals surface area contributed by atoms with Crippen LogP contribution >= 0.6 is 27.5 Å². The van der Waals surface area contributed by atoms with E-state index < -0.39 is 0 Å². The summed E-state index contributed by atoms with van der Waals surface area (Å²) in [6.45, 7) is 2.57. The van der Waals surface area contributed by atoms with Gasteiger partial charge in [-0.15, -0.1) is 5.10 Å². The van der Waals surface area contributed by atoms with E-state index in [4.69, 9.17) is 0 Å². The van der Waals surface area contributed by atoms with Gasteiger partial charge in [-0.25, -0.2) is 0 Å². The third-order valence-electron chi connectivity index (χ3n) is 2.89. The van der Waals surface area contributed by atoms with E-state index >= 15 is 0 Å². The minimum Gasteiger partial charge on any atom is -0.351 e. The Kier molecular flexibility index (Phi) is 3.91. The van der Waals surface area contributed by atoms with Crippen LogP contribution in [0.4, 0.5) is 0 Å². The van der Waals surface area contributed by atoms with E-state index in [0.717, 1.165) is 24.5 Å². The average molecular weight is 304 g/mol. The smallest absolute Gasteiger partial charge is 0.264 e. The van der Waals surface area contributed by atoms with Crippen LogP contribution in [0.3, 0.4) is 0 Å². The fraction of sp³-hybridized carbons (Fsp3) is 0.700. The van der Waals surface area contributed by atoms with Gasteiger partial charge in [-0.1, -0.05) is 20.4 Å². The first-order valence-electron chi connectivity index (χ1n) is 5.38. The molecule has 6 heteroatoms. The van der Waals surface area contributed by atoms with Crippen molar-refractivity contribution in [3.8, 4) is 0 Å².